The maximum Gasteiger partial charge on any atom is 0.330 e. The molecular formula is C15H20ClFN2O2. The van der Waals surface area contributed by atoms with Gasteiger partial charge >= 0.3 is 5.97 Å². The fraction of sp³-hybridized carbons (Fsp3) is 0.533. The standard InChI is InChI=1S/C15H20ClFN2O2/c1-15(14(20)21-2,19-8-3-6-18-7-9-19)12-5-4-11(17)10-13(12)16/h4-5,10,18H,3,6-9H2,1-2H3. The summed E-state index contributed by atoms with van der Waals surface area (Å²) >= 11 is 6.18. The number of ether oxygens (including phenoxy) is 1. The maximum atomic E-state index is 13.3. The summed E-state index contributed by atoms with van der Waals surface area (Å²) in [4.78, 5) is 14.5. The van der Waals surface area contributed by atoms with Gasteiger partial charge in [0.2, 0.25) is 0 Å². The first-order valence-electron chi connectivity index (χ1n) is 7.00. The number of nitrogens with zero attached hydrogens (tertiary/aromatic N) is 1. The summed E-state index contributed by atoms with van der Waals surface area (Å²) in [7, 11) is 1.36. The van der Waals surface area contributed by atoms with E-state index in [2.05, 4.69) is 5.32 Å². The first-order chi connectivity index (χ1) is 10.00. The van der Waals surface area contributed by atoms with Crippen molar-refractivity contribution in [3.63, 3.8) is 0 Å². The van der Waals surface area contributed by atoms with Crippen LogP contribution in [0.1, 0.15) is 18.9 Å². The Morgan fingerprint density at radius 1 is 1.43 bits per heavy atom. The van der Waals surface area contributed by atoms with Crippen molar-refractivity contribution in [1.29, 1.82) is 0 Å². The molecule has 1 aromatic rings. The van der Waals surface area contributed by atoms with E-state index in [0.717, 1.165) is 26.1 Å². The SMILES string of the molecule is COC(=O)C(C)(c1ccc(F)cc1Cl)N1CCCNCC1. The second kappa shape index (κ2) is 6.73. The van der Waals surface area contributed by atoms with E-state index in [-0.39, 0.29) is 5.02 Å². The van der Waals surface area contributed by atoms with E-state index < -0.39 is 17.3 Å². The zero-order valence-electron chi connectivity index (χ0n) is 12.3. The van der Waals surface area contributed by atoms with E-state index in [9.17, 15) is 9.18 Å². The molecule has 0 radical (unpaired) electrons. The van der Waals surface area contributed by atoms with E-state index in [4.69, 9.17) is 16.3 Å². The minimum atomic E-state index is -1.02. The van der Waals surface area contributed by atoms with Gasteiger partial charge in [-0.3, -0.25) is 4.90 Å². The average Bonchev–Trinajstić information content (AvgIpc) is 2.75. The summed E-state index contributed by atoms with van der Waals surface area (Å²) < 4.78 is 18.3. The Kier molecular flexibility index (Phi) is 5.19. The van der Waals surface area contributed by atoms with Gasteiger partial charge in [0.15, 0.2) is 0 Å². The van der Waals surface area contributed by atoms with Crippen molar-refractivity contribution in [2.75, 3.05) is 33.3 Å². The van der Waals surface area contributed by atoms with E-state index in [1.165, 1.54) is 19.2 Å². The summed E-state index contributed by atoms with van der Waals surface area (Å²) in [6.07, 6.45) is 0.922. The van der Waals surface area contributed by atoms with Crippen molar-refractivity contribution in [3.05, 3.63) is 34.6 Å². The van der Waals surface area contributed by atoms with Crippen LogP contribution in [0.3, 0.4) is 0 Å². The van der Waals surface area contributed by atoms with E-state index in [1.807, 2.05) is 4.90 Å². The molecule has 116 valence electrons. The molecule has 0 amide bonds. The molecule has 2 rings (SSSR count). The predicted molar refractivity (Wildman–Crippen MR) is 79.8 cm³/mol. The molecule has 0 saturated carbocycles. The van der Waals surface area contributed by atoms with Crippen molar-refractivity contribution in [1.82, 2.24) is 10.2 Å². The second-order valence-electron chi connectivity index (χ2n) is 5.28. The van der Waals surface area contributed by atoms with Crippen molar-refractivity contribution in [2.45, 2.75) is 18.9 Å². The molecule has 1 fully saturated rings. The number of carbonyl (C=O) groups excluding carboxylic acids is 1. The molecular weight excluding hydrogens is 295 g/mol. The molecule has 1 aliphatic rings. The molecule has 0 bridgehead atoms. The first-order valence-corrected chi connectivity index (χ1v) is 7.37. The van der Waals surface area contributed by atoms with Gasteiger partial charge in [0.1, 0.15) is 11.4 Å². The number of methoxy groups -OCH3 is 1. The molecule has 1 saturated heterocycles. The quantitative estimate of drug-likeness (QED) is 0.868. The van der Waals surface area contributed by atoms with Crippen LogP contribution >= 0.6 is 11.6 Å². The Morgan fingerprint density at radius 2 is 2.19 bits per heavy atom. The number of benzene rings is 1. The molecule has 0 aliphatic carbocycles. The summed E-state index contributed by atoms with van der Waals surface area (Å²) in [6, 6.07) is 4.11. The van der Waals surface area contributed by atoms with Gasteiger partial charge in [-0.2, -0.15) is 0 Å². The van der Waals surface area contributed by atoms with E-state index in [0.29, 0.717) is 12.1 Å². The van der Waals surface area contributed by atoms with Crippen molar-refractivity contribution in [2.24, 2.45) is 0 Å². The molecule has 1 N–H and O–H groups in total. The summed E-state index contributed by atoms with van der Waals surface area (Å²) in [5.41, 5.74) is -0.453. The van der Waals surface area contributed by atoms with Crippen molar-refractivity contribution < 1.29 is 13.9 Å². The number of esters is 1. The van der Waals surface area contributed by atoms with Gasteiger partial charge in [0, 0.05) is 30.2 Å². The minimum absolute atomic E-state index is 0.236. The molecule has 0 aromatic heterocycles. The monoisotopic (exact) mass is 314 g/mol. The third-order valence-corrected chi connectivity index (χ3v) is 4.32. The average molecular weight is 315 g/mol. The van der Waals surface area contributed by atoms with Crippen LogP contribution in [0.5, 0.6) is 0 Å². The van der Waals surface area contributed by atoms with Crippen LogP contribution < -0.4 is 5.32 Å². The van der Waals surface area contributed by atoms with Gasteiger partial charge < -0.3 is 10.1 Å². The summed E-state index contributed by atoms with van der Waals surface area (Å²) in [5.74, 6) is -0.814. The number of hydrogen-bond donors (Lipinski definition) is 1. The number of hydrogen-bond acceptors (Lipinski definition) is 4. The van der Waals surface area contributed by atoms with Crippen LogP contribution in [0.2, 0.25) is 5.02 Å². The molecule has 6 heteroatoms. The van der Waals surface area contributed by atoms with Crippen LogP contribution in [0.4, 0.5) is 4.39 Å². The third kappa shape index (κ3) is 3.20. The lowest BCUT2D eigenvalue weighted by molar-refractivity contribution is -0.155. The predicted octanol–water partition coefficient (Wildman–Crippen LogP) is 2.16. The van der Waals surface area contributed by atoms with Gasteiger partial charge in [-0.15, -0.1) is 0 Å². The highest BCUT2D eigenvalue weighted by Crippen LogP contribution is 2.35. The minimum Gasteiger partial charge on any atom is -0.467 e. The Labute approximate surface area is 129 Å². The summed E-state index contributed by atoms with van der Waals surface area (Å²) in [6.45, 7) is 4.91. The topological polar surface area (TPSA) is 41.6 Å². The Bertz CT molecular complexity index is 518. The molecule has 4 nitrogen and oxygen atoms in total. The largest absolute Gasteiger partial charge is 0.467 e. The maximum absolute atomic E-state index is 13.3. The van der Waals surface area contributed by atoms with E-state index in [1.54, 1.807) is 13.0 Å². The molecule has 1 aliphatic heterocycles. The molecule has 1 heterocycles. The molecule has 1 atom stereocenters. The lowest BCUT2D eigenvalue weighted by Gasteiger charge is -2.39. The highest BCUT2D eigenvalue weighted by Gasteiger charge is 2.43. The van der Waals surface area contributed by atoms with Crippen molar-refractivity contribution in [3.8, 4) is 0 Å². The molecule has 1 unspecified atom stereocenters. The Morgan fingerprint density at radius 3 is 2.86 bits per heavy atom. The third-order valence-electron chi connectivity index (χ3n) is 4.01. The Balaban J connectivity index is 2.47. The van der Waals surface area contributed by atoms with Crippen LogP contribution in [0.25, 0.3) is 0 Å². The molecule has 0 spiro atoms. The molecule has 1 aromatic carbocycles. The van der Waals surface area contributed by atoms with E-state index >= 15 is 0 Å². The van der Waals surface area contributed by atoms with Crippen LogP contribution in [0, 0.1) is 5.82 Å². The fourth-order valence-corrected chi connectivity index (χ4v) is 3.14. The number of halogens is 2. The lowest BCUT2D eigenvalue weighted by atomic mass is 9.89. The summed E-state index contributed by atoms with van der Waals surface area (Å²) in [5, 5.41) is 3.53. The molecule has 21 heavy (non-hydrogen) atoms. The first kappa shape index (κ1) is 16.2. The zero-order chi connectivity index (χ0) is 15.5. The van der Waals surface area contributed by atoms with Gasteiger partial charge in [-0.25, -0.2) is 9.18 Å². The second-order valence-corrected chi connectivity index (χ2v) is 5.69. The fourth-order valence-electron chi connectivity index (χ4n) is 2.79. The van der Waals surface area contributed by atoms with Gasteiger partial charge in [0.05, 0.1) is 7.11 Å². The van der Waals surface area contributed by atoms with Crippen molar-refractivity contribution >= 4 is 17.6 Å². The van der Waals surface area contributed by atoms with Gasteiger partial charge in [-0.1, -0.05) is 17.7 Å². The normalized spacial score (nSPS) is 19.6. The van der Waals surface area contributed by atoms with Gasteiger partial charge in [0.25, 0.3) is 0 Å². The number of carbonyl (C=O) groups is 1. The highest BCUT2D eigenvalue weighted by molar-refractivity contribution is 6.31. The van der Waals surface area contributed by atoms with Crippen LogP contribution in [-0.2, 0) is 15.1 Å². The lowest BCUT2D eigenvalue weighted by Crippen LogP contribution is -2.51. The van der Waals surface area contributed by atoms with Gasteiger partial charge in [-0.05, 0) is 32.0 Å². The Hall–Kier alpha value is -1.17. The highest BCUT2D eigenvalue weighted by atomic mass is 35.5. The van der Waals surface area contributed by atoms with Crippen LogP contribution in [-0.4, -0.2) is 44.2 Å². The zero-order valence-corrected chi connectivity index (χ0v) is 13.0. The van der Waals surface area contributed by atoms with Crippen LogP contribution in [0.15, 0.2) is 18.2 Å². The number of rotatable bonds is 3. The number of nitrogens with one attached hydrogen (secondary N) is 1. The smallest absolute Gasteiger partial charge is 0.330 e.